The quantitative estimate of drug-likeness (QED) is 0.722. The van der Waals surface area contributed by atoms with Crippen molar-refractivity contribution in [3.05, 3.63) is 53.6 Å². The molecule has 0 spiro atoms. The molecule has 3 heterocycles. The smallest absolute Gasteiger partial charge is 0.276 e. The molecule has 1 aliphatic heterocycles. The Bertz CT molecular complexity index is 913. The third kappa shape index (κ3) is 2.32. The maximum Gasteiger partial charge on any atom is 0.276 e. The molecule has 122 valence electrons. The molecule has 0 radical (unpaired) electrons. The zero-order valence-electron chi connectivity index (χ0n) is 13.4. The van der Waals surface area contributed by atoms with Gasteiger partial charge >= 0.3 is 0 Å². The number of fused-ring (bicyclic) bond motifs is 1. The molecule has 0 fully saturated rings. The summed E-state index contributed by atoms with van der Waals surface area (Å²) in [6.07, 6.45) is 3.44. The fraction of sp³-hybridized carbons (Fsp3) is 0.250. The Kier molecular flexibility index (Phi) is 3.30. The van der Waals surface area contributed by atoms with Gasteiger partial charge in [-0.15, -0.1) is 5.10 Å². The van der Waals surface area contributed by atoms with E-state index in [1.807, 2.05) is 31.3 Å². The van der Waals surface area contributed by atoms with Crippen LogP contribution in [0.4, 0.5) is 0 Å². The first-order chi connectivity index (χ1) is 11.7. The van der Waals surface area contributed by atoms with Crippen molar-refractivity contribution < 1.29 is 9.53 Å². The molecule has 8 heteroatoms. The number of benzene rings is 1. The second kappa shape index (κ2) is 5.48. The first-order valence-electron chi connectivity index (χ1n) is 7.51. The fourth-order valence-electron chi connectivity index (χ4n) is 2.83. The summed E-state index contributed by atoms with van der Waals surface area (Å²) in [6.45, 7) is 1.09. The van der Waals surface area contributed by atoms with Crippen LogP contribution >= 0.6 is 0 Å². The van der Waals surface area contributed by atoms with Gasteiger partial charge in [0.2, 0.25) is 0 Å². The molecule has 1 aromatic carbocycles. The van der Waals surface area contributed by atoms with Crippen molar-refractivity contribution in [3.8, 4) is 11.4 Å². The van der Waals surface area contributed by atoms with E-state index >= 15 is 0 Å². The molecular weight excluding hydrogens is 308 g/mol. The number of carbonyl (C=O) groups is 1. The van der Waals surface area contributed by atoms with Crippen LogP contribution in [-0.2, 0) is 20.1 Å². The minimum Gasteiger partial charge on any atom is -0.497 e. The summed E-state index contributed by atoms with van der Waals surface area (Å²) < 4.78 is 8.58. The minimum atomic E-state index is -0.139. The zero-order chi connectivity index (χ0) is 16.7. The van der Waals surface area contributed by atoms with Crippen molar-refractivity contribution in [1.29, 1.82) is 0 Å². The average Bonchev–Trinajstić information content (AvgIpc) is 3.32. The second-order valence-electron chi connectivity index (χ2n) is 5.65. The van der Waals surface area contributed by atoms with Crippen molar-refractivity contribution in [3.63, 3.8) is 0 Å². The van der Waals surface area contributed by atoms with Crippen LogP contribution in [0.2, 0.25) is 0 Å². The van der Waals surface area contributed by atoms with Crippen LogP contribution in [0.25, 0.3) is 5.69 Å². The number of hydrogen-bond acceptors (Lipinski definition) is 5. The fourth-order valence-corrected chi connectivity index (χ4v) is 2.83. The van der Waals surface area contributed by atoms with E-state index in [1.54, 1.807) is 33.8 Å². The molecule has 2 aromatic heterocycles. The van der Waals surface area contributed by atoms with Gasteiger partial charge in [-0.3, -0.25) is 9.48 Å². The van der Waals surface area contributed by atoms with E-state index in [0.29, 0.717) is 18.8 Å². The first-order valence-corrected chi connectivity index (χ1v) is 7.51. The van der Waals surface area contributed by atoms with E-state index in [2.05, 4.69) is 15.4 Å². The number of hydrogen-bond donors (Lipinski definition) is 0. The summed E-state index contributed by atoms with van der Waals surface area (Å²) in [7, 11) is 3.49. The highest BCUT2D eigenvalue weighted by molar-refractivity contribution is 5.92. The van der Waals surface area contributed by atoms with Crippen LogP contribution < -0.4 is 4.74 Å². The third-order valence-electron chi connectivity index (χ3n) is 4.17. The van der Waals surface area contributed by atoms with Crippen molar-refractivity contribution in [2.45, 2.75) is 13.1 Å². The Balaban J connectivity index is 1.55. The Labute approximate surface area is 138 Å². The molecule has 3 aromatic rings. The number of carbonyl (C=O) groups excluding carboxylic acids is 1. The molecule has 0 N–H and O–H groups in total. The van der Waals surface area contributed by atoms with Gasteiger partial charge in [-0.05, 0) is 12.1 Å². The van der Waals surface area contributed by atoms with E-state index in [4.69, 9.17) is 4.74 Å². The molecule has 0 bridgehead atoms. The van der Waals surface area contributed by atoms with Gasteiger partial charge in [-0.25, -0.2) is 4.68 Å². The molecule has 0 saturated carbocycles. The number of methoxy groups -OCH3 is 1. The van der Waals surface area contributed by atoms with E-state index in [-0.39, 0.29) is 5.91 Å². The molecule has 0 saturated heterocycles. The van der Waals surface area contributed by atoms with E-state index in [9.17, 15) is 4.79 Å². The number of ether oxygens (including phenoxy) is 1. The Morgan fingerprint density at radius 3 is 2.96 bits per heavy atom. The van der Waals surface area contributed by atoms with E-state index in [0.717, 1.165) is 22.7 Å². The van der Waals surface area contributed by atoms with Crippen LogP contribution in [0, 0.1) is 0 Å². The van der Waals surface area contributed by atoms with Gasteiger partial charge in [0, 0.05) is 25.2 Å². The molecule has 8 nitrogen and oxygen atoms in total. The van der Waals surface area contributed by atoms with Crippen LogP contribution in [0.5, 0.6) is 5.75 Å². The standard InChI is InChI=1S/C16H16N6O2/c1-20-15-10-21(8-11(15)7-17-20)16(23)14-9-22(19-18-14)12-4-3-5-13(6-12)24-2/h3-7,9H,8,10H2,1-2H3. The topological polar surface area (TPSA) is 78.1 Å². The molecule has 1 aliphatic rings. The lowest BCUT2D eigenvalue weighted by atomic mass is 10.3. The molecule has 0 aliphatic carbocycles. The number of nitrogens with zero attached hydrogens (tertiary/aromatic N) is 6. The van der Waals surface area contributed by atoms with Gasteiger partial charge in [0.05, 0.1) is 37.4 Å². The normalized spacial score (nSPS) is 13.2. The third-order valence-corrected chi connectivity index (χ3v) is 4.17. The molecular formula is C16H16N6O2. The lowest BCUT2D eigenvalue weighted by Crippen LogP contribution is -2.26. The van der Waals surface area contributed by atoms with Gasteiger partial charge < -0.3 is 9.64 Å². The van der Waals surface area contributed by atoms with Gasteiger partial charge in [0.1, 0.15) is 5.75 Å². The highest BCUT2D eigenvalue weighted by Gasteiger charge is 2.28. The van der Waals surface area contributed by atoms with Crippen molar-refractivity contribution in [1.82, 2.24) is 29.7 Å². The summed E-state index contributed by atoms with van der Waals surface area (Å²) >= 11 is 0. The number of aryl methyl sites for hydroxylation is 1. The summed E-state index contributed by atoms with van der Waals surface area (Å²) in [5.74, 6) is 0.582. The van der Waals surface area contributed by atoms with Crippen molar-refractivity contribution in [2.24, 2.45) is 7.05 Å². The SMILES string of the molecule is COc1cccc(-n2cc(C(=O)N3Cc4cnn(C)c4C3)nn2)c1. The predicted molar refractivity (Wildman–Crippen MR) is 84.7 cm³/mol. The molecule has 0 unspecified atom stereocenters. The lowest BCUT2D eigenvalue weighted by Gasteiger charge is -2.13. The molecule has 0 atom stereocenters. The summed E-state index contributed by atoms with van der Waals surface area (Å²) in [4.78, 5) is 14.4. The number of amides is 1. The molecule has 1 amide bonds. The number of aromatic nitrogens is 5. The van der Waals surface area contributed by atoms with Gasteiger partial charge in [0.15, 0.2) is 5.69 Å². The van der Waals surface area contributed by atoms with Gasteiger partial charge in [-0.1, -0.05) is 11.3 Å². The highest BCUT2D eigenvalue weighted by atomic mass is 16.5. The maximum atomic E-state index is 12.6. The average molecular weight is 324 g/mol. The molecule has 24 heavy (non-hydrogen) atoms. The summed E-state index contributed by atoms with van der Waals surface area (Å²) in [5.41, 5.74) is 3.24. The van der Waals surface area contributed by atoms with E-state index < -0.39 is 0 Å². The van der Waals surface area contributed by atoms with Crippen LogP contribution in [0.1, 0.15) is 21.7 Å². The van der Waals surface area contributed by atoms with Gasteiger partial charge in [-0.2, -0.15) is 5.10 Å². The van der Waals surface area contributed by atoms with Gasteiger partial charge in [0.25, 0.3) is 5.91 Å². The van der Waals surface area contributed by atoms with E-state index in [1.165, 1.54) is 0 Å². The largest absolute Gasteiger partial charge is 0.497 e. The van der Waals surface area contributed by atoms with Crippen molar-refractivity contribution >= 4 is 5.91 Å². The highest BCUT2D eigenvalue weighted by Crippen LogP contribution is 2.23. The summed E-state index contributed by atoms with van der Waals surface area (Å²) in [6, 6.07) is 7.42. The molecule has 4 rings (SSSR count). The zero-order valence-corrected chi connectivity index (χ0v) is 13.4. The maximum absolute atomic E-state index is 12.6. The van der Waals surface area contributed by atoms with Crippen LogP contribution in [0.3, 0.4) is 0 Å². The first kappa shape index (κ1) is 14.4. The Morgan fingerprint density at radius 1 is 1.29 bits per heavy atom. The summed E-state index contributed by atoms with van der Waals surface area (Å²) in [5, 5.41) is 12.3. The predicted octanol–water partition coefficient (Wildman–Crippen LogP) is 1.17. The van der Waals surface area contributed by atoms with Crippen molar-refractivity contribution in [2.75, 3.05) is 7.11 Å². The second-order valence-corrected chi connectivity index (χ2v) is 5.65. The Morgan fingerprint density at radius 2 is 2.17 bits per heavy atom. The van der Waals surface area contributed by atoms with Crippen LogP contribution in [0.15, 0.2) is 36.7 Å². The monoisotopic (exact) mass is 324 g/mol. The Hall–Kier alpha value is -3.16. The number of rotatable bonds is 3. The lowest BCUT2D eigenvalue weighted by molar-refractivity contribution is 0.0742. The van der Waals surface area contributed by atoms with Crippen LogP contribution in [-0.4, -0.2) is 42.7 Å². The minimum absolute atomic E-state index is 0.139.